The fourth-order valence-electron chi connectivity index (χ4n) is 3.20. The quantitative estimate of drug-likeness (QED) is 0.376. The van der Waals surface area contributed by atoms with E-state index in [4.69, 9.17) is 25.2 Å². The second-order valence-corrected chi connectivity index (χ2v) is 6.95. The van der Waals surface area contributed by atoms with Crippen molar-refractivity contribution >= 4 is 23.9 Å². The zero-order chi connectivity index (χ0) is 22.7. The van der Waals surface area contributed by atoms with Crippen LogP contribution < -0.4 is 5.32 Å². The summed E-state index contributed by atoms with van der Waals surface area (Å²) >= 11 is 0. The van der Waals surface area contributed by atoms with E-state index in [-0.39, 0.29) is 17.9 Å². The highest BCUT2D eigenvalue weighted by Gasteiger charge is 2.40. The van der Waals surface area contributed by atoms with Gasteiger partial charge < -0.3 is 30.5 Å². The molecule has 0 amide bonds. The van der Waals surface area contributed by atoms with Gasteiger partial charge in [0.2, 0.25) is 0 Å². The molecule has 1 saturated heterocycles. The Labute approximate surface area is 173 Å². The van der Waals surface area contributed by atoms with Crippen LogP contribution in [-0.2, 0) is 23.9 Å². The number of aliphatic hydroxyl groups is 1. The van der Waals surface area contributed by atoms with Crippen molar-refractivity contribution in [2.75, 3.05) is 13.7 Å². The molecular weight excluding hydrogens is 398 g/mol. The van der Waals surface area contributed by atoms with Crippen LogP contribution in [0.15, 0.2) is 30.3 Å². The molecule has 30 heavy (non-hydrogen) atoms. The molecule has 10 heteroatoms. The fourth-order valence-corrected chi connectivity index (χ4v) is 3.20. The molecule has 5 N–H and O–H groups in total. The molecule has 0 aromatic heterocycles. The Hall–Kier alpha value is -2.98. The molecule has 10 nitrogen and oxygen atoms in total. The molecule has 2 rings (SSSR count). The lowest BCUT2D eigenvalue weighted by Crippen LogP contribution is -2.42. The Morgan fingerprint density at radius 1 is 1.07 bits per heavy atom. The molecule has 2 unspecified atom stereocenters. The molecule has 2 atom stereocenters. The zero-order valence-corrected chi connectivity index (χ0v) is 16.6. The van der Waals surface area contributed by atoms with Gasteiger partial charge in [0, 0.05) is 6.04 Å². The van der Waals surface area contributed by atoms with E-state index in [0.717, 1.165) is 18.5 Å². The highest BCUT2D eigenvalue weighted by atomic mass is 16.5. The van der Waals surface area contributed by atoms with Gasteiger partial charge in [-0.05, 0) is 24.9 Å². The van der Waals surface area contributed by atoms with Crippen molar-refractivity contribution in [1.29, 1.82) is 0 Å². The van der Waals surface area contributed by atoms with Crippen LogP contribution in [0.4, 0.5) is 0 Å². The molecular formula is C20H27NO9. The maximum absolute atomic E-state index is 11.9. The van der Waals surface area contributed by atoms with Crippen molar-refractivity contribution < 1.29 is 44.3 Å². The second-order valence-electron chi connectivity index (χ2n) is 6.95. The van der Waals surface area contributed by atoms with Gasteiger partial charge in [0.05, 0.1) is 25.9 Å². The summed E-state index contributed by atoms with van der Waals surface area (Å²) in [5, 5.41) is 37.2. The number of carboxylic acids is 3. The van der Waals surface area contributed by atoms with Gasteiger partial charge in [-0.1, -0.05) is 36.8 Å². The van der Waals surface area contributed by atoms with Crippen molar-refractivity contribution in [3.8, 4) is 0 Å². The summed E-state index contributed by atoms with van der Waals surface area (Å²) < 4.78 is 4.94. The van der Waals surface area contributed by atoms with Crippen LogP contribution in [0.1, 0.15) is 43.6 Å². The lowest BCUT2D eigenvalue weighted by molar-refractivity contribution is -0.170. The highest BCUT2D eigenvalue weighted by Crippen LogP contribution is 2.26. The topological polar surface area (TPSA) is 170 Å². The average Bonchev–Trinajstić information content (AvgIpc) is 2.69. The smallest absolute Gasteiger partial charge is 0.336 e. The van der Waals surface area contributed by atoms with Crippen molar-refractivity contribution in [2.24, 2.45) is 0 Å². The van der Waals surface area contributed by atoms with Gasteiger partial charge in [-0.25, -0.2) is 4.79 Å². The second kappa shape index (κ2) is 11.9. The number of nitrogens with one attached hydrogen (secondary N) is 1. The third-order valence-electron chi connectivity index (χ3n) is 4.65. The minimum Gasteiger partial charge on any atom is -0.481 e. The van der Waals surface area contributed by atoms with Crippen LogP contribution in [0.5, 0.6) is 0 Å². The summed E-state index contributed by atoms with van der Waals surface area (Å²) in [7, 11) is 1.46. The van der Waals surface area contributed by atoms with Crippen molar-refractivity contribution in [1.82, 2.24) is 5.32 Å². The number of hydrogen-bond acceptors (Lipinski definition) is 7. The first-order valence-corrected chi connectivity index (χ1v) is 9.36. The Balaban J connectivity index is 0.000000314. The maximum atomic E-state index is 11.9. The standard InChI is InChI=1S/C14H19NO2.C6H8O7/c1-17-14(16)13(11-7-3-2-4-8-11)12-9-5-6-10-15-12;7-3(8)1-6(13,5(11)12)2-4(9)10/h2-4,7-8,12-13,15H,5-6,9-10H2,1H3;13H,1-2H2,(H,7,8)(H,9,10)(H,11,12). The lowest BCUT2D eigenvalue weighted by Gasteiger charge is -2.29. The number of aliphatic carboxylic acids is 3. The first-order valence-electron chi connectivity index (χ1n) is 9.36. The Kier molecular flexibility index (Phi) is 9.93. The summed E-state index contributed by atoms with van der Waals surface area (Å²) in [5.74, 6) is -5.34. The number of carbonyl (C=O) groups is 4. The predicted octanol–water partition coefficient (Wildman–Crippen LogP) is 0.837. The molecule has 1 heterocycles. The van der Waals surface area contributed by atoms with Gasteiger partial charge in [-0.2, -0.15) is 0 Å². The van der Waals surface area contributed by atoms with E-state index in [1.807, 2.05) is 30.3 Å². The number of hydrogen-bond donors (Lipinski definition) is 5. The average molecular weight is 425 g/mol. The number of carbonyl (C=O) groups excluding carboxylic acids is 1. The number of rotatable bonds is 8. The molecule has 0 spiro atoms. The SMILES string of the molecule is COC(=O)C(c1ccccc1)C1CCCCN1.O=C(O)CC(O)(CC(=O)O)C(=O)O. The van der Waals surface area contributed by atoms with Gasteiger partial charge in [-0.15, -0.1) is 0 Å². The van der Waals surface area contributed by atoms with Crippen molar-refractivity contribution in [3.05, 3.63) is 35.9 Å². The highest BCUT2D eigenvalue weighted by molar-refractivity contribution is 5.88. The molecule has 1 aromatic rings. The van der Waals surface area contributed by atoms with Gasteiger partial charge >= 0.3 is 23.9 Å². The molecule has 0 saturated carbocycles. The largest absolute Gasteiger partial charge is 0.481 e. The van der Waals surface area contributed by atoms with E-state index in [1.54, 1.807) is 0 Å². The number of piperidine rings is 1. The molecule has 1 aromatic carbocycles. The Morgan fingerprint density at radius 3 is 2.03 bits per heavy atom. The van der Waals surface area contributed by atoms with Crippen LogP contribution in [0, 0.1) is 0 Å². The van der Waals surface area contributed by atoms with Crippen LogP contribution in [0.25, 0.3) is 0 Å². The van der Waals surface area contributed by atoms with Crippen LogP contribution in [0.3, 0.4) is 0 Å². The minimum atomic E-state index is -2.74. The van der Waals surface area contributed by atoms with Crippen LogP contribution in [-0.4, -0.2) is 69.6 Å². The summed E-state index contributed by atoms with van der Waals surface area (Å²) in [6, 6.07) is 10.1. The van der Waals surface area contributed by atoms with E-state index in [2.05, 4.69) is 5.32 Å². The number of benzene rings is 1. The van der Waals surface area contributed by atoms with E-state index in [0.29, 0.717) is 0 Å². The van der Waals surface area contributed by atoms with Gasteiger partial charge in [0.1, 0.15) is 0 Å². The van der Waals surface area contributed by atoms with Crippen LogP contribution >= 0.6 is 0 Å². The summed E-state index contributed by atoms with van der Waals surface area (Å²) in [5.41, 5.74) is -1.70. The van der Waals surface area contributed by atoms with Crippen LogP contribution in [0.2, 0.25) is 0 Å². The van der Waals surface area contributed by atoms with Crippen molar-refractivity contribution in [2.45, 2.75) is 49.7 Å². The molecule has 1 fully saturated rings. The summed E-state index contributed by atoms with van der Waals surface area (Å²) in [6.07, 6.45) is 1.12. The summed E-state index contributed by atoms with van der Waals surface area (Å²) in [6.45, 7) is 0.991. The fraction of sp³-hybridized carbons (Fsp3) is 0.500. The first-order chi connectivity index (χ1) is 14.1. The lowest BCUT2D eigenvalue weighted by atomic mass is 9.86. The van der Waals surface area contributed by atoms with Gasteiger partial charge in [0.15, 0.2) is 5.60 Å². The minimum absolute atomic E-state index is 0.143. The molecule has 0 radical (unpaired) electrons. The zero-order valence-electron chi connectivity index (χ0n) is 16.6. The van der Waals surface area contributed by atoms with E-state index < -0.39 is 36.4 Å². The number of ether oxygens (including phenoxy) is 1. The molecule has 0 bridgehead atoms. The van der Waals surface area contributed by atoms with Gasteiger partial charge in [-0.3, -0.25) is 14.4 Å². The normalized spacial score (nSPS) is 17.1. The predicted molar refractivity (Wildman–Crippen MR) is 104 cm³/mol. The van der Waals surface area contributed by atoms with Gasteiger partial charge in [0.25, 0.3) is 0 Å². The number of carboxylic acid groups (broad SMARTS) is 3. The molecule has 1 aliphatic heterocycles. The molecule has 166 valence electrons. The van der Waals surface area contributed by atoms with E-state index in [9.17, 15) is 19.2 Å². The number of methoxy groups -OCH3 is 1. The molecule has 0 aliphatic carbocycles. The summed E-state index contributed by atoms with van der Waals surface area (Å²) in [4.78, 5) is 42.4. The Morgan fingerprint density at radius 2 is 1.63 bits per heavy atom. The maximum Gasteiger partial charge on any atom is 0.336 e. The van der Waals surface area contributed by atoms with E-state index in [1.165, 1.54) is 20.0 Å². The van der Waals surface area contributed by atoms with Crippen molar-refractivity contribution in [3.63, 3.8) is 0 Å². The monoisotopic (exact) mass is 425 g/mol. The Bertz CT molecular complexity index is 713. The third-order valence-corrected chi connectivity index (χ3v) is 4.65. The molecule has 1 aliphatic rings. The first kappa shape index (κ1) is 25.1. The third kappa shape index (κ3) is 7.80. The van der Waals surface area contributed by atoms with E-state index >= 15 is 0 Å². The number of esters is 1.